The fourth-order valence-electron chi connectivity index (χ4n) is 1.18. The summed E-state index contributed by atoms with van der Waals surface area (Å²) in [5.74, 6) is 0.200. The number of carbonyl (C=O) groups is 1. The molecule has 0 fully saturated rings. The Bertz CT molecular complexity index is 350. The van der Waals surface area contributed by atoms with Crippen molar-refractivity contribution in [2.75, 3.05) is 18.9 Å². The zero-order valence-corrected chi connectivity index (χ0v) is 8.95. The van der Waals surface area contributed by atoms with Gasteiger partial charge in [0.1, 0.15) is 5.75 Å². The molecule has 0 aliphatic heterocycles. The number of ether oxygens (including phenoxy) is 2. The standard InChI is InChI=1S/C11H15NO3/c1-3-14-8-5-6-10(12)9(7-8)11(13)15-4-2/h5-7H,3-4,12H2,1-2H3. The average molecular weight is 209 g/mol. The predicted octanol–water partition coefficient (Wildman–Crippen LogP) is 1.84. The van der Waals surface area contributed by atoms with Gasteiger partial charge in [0, 0.05) is 5.69 Å². The Hall–Kier alpha value is -1.71. The van der Waals surface area contributed by atoms with Crippen molar-refractivity contribution in [1.82, 2.24) is 0 Å². The highest BCUT2D eigenvalue weighted by Crippen LogP contribution is 2.20. The molecule has 1 rings (SSSR count). The first-order valence-electron chi connectivity index (χ1n) is 4.88. The zero-order valence-electron chi connectivity index (χ0n) is 8.95. The van der Waals surface area contributed by atoms with E-state index in [2.05, 4.69) is 0 Å². The van der Waals surface area contributed by atoms with Crippen LogP contribution in [0.5, 0.6) is 5.75 Å². The van der Waals surface area contributed by atoms with E-state index in [-0.39, 0.29) is 0 Å². The van der Waals surface area contributed by atoms with Crippen molar-refractivity contribution >= 4 is 11.7 Å². The van der Waals surface area contributed by atoms with Gasteiger partial charge in [0.15, 0.2) is 0 Å². The van der Waals surface area contributed by atoms with Gasteiger partial charge in [-0.1, -0.05) is 0 Å². The first-order chi connectivity index (χ1) is 7.19. The van der Waals surface area contributed by atoms with E-state index in [4.69, 9.17) is 15.2 Å². The van der Waals surface area contributed by atoms with E-state index in [0.717, 1.165) is 0 Å². The van der Waals surface area contributed by atoms with Crippen LogP contribution in [-0.2, 0) is 4.74 Å². The molecule has 0 radical (unpaired) electrons. The van der Waals surface area contributed by atoms with Gasteiger partial charge in [-0.3, -0.25) is 0 Å². The van der Waals surface area contributed by atoms with Crippen LogP contribution in [0.25, 0.3) is 0 Å². The number of nitrogens with two attached hydrogens (primary N) is 1. The van der Waals surface area contributed by atoms with E-state index >= 15 is 0 Å². The lowest BCUT2D eigenvalue weighted by Gasteiger charge is -2.08. The van der Waals surface area contributed by atoms with E-state index in [1.54, 1.807) is 25.1 Å². The number of esters is 1. The molecule has 82 valence electrons. The highest BCUT2D eigenvalue weighted by Gasteiger charge is 2.11. The second-order valence-corrected chi connectivity index (χ2v) is 2.90. The molecule has 0 spiro atoms. The summed E-state index contributed by atoms with van der Waals surface area (Å²) in [6.45, 7) is 4.50. The fraction of sp³-hybridized carbons (Fsp3) is 0.364. The number of nitrogen functional groups attached to an aromatic ring is 1. The molecule has 4 nitrogen and oxygen atoms in total. The predicted molar refractivity (Wildman–Crippen MR) is 58.0 cm³/mol. The summed E-state index contributed by atoms with van der Waals surface area (Å²) < 4.78 is 10.1. The van der Waals surface area contributed by atoms with Gasteiger partial charge < -0.3 is 15.2 Å². The molecule has 0 unspecified atom stereocenters. The molecule has 15 heavy (non-hydrogen) atoms. The molecule has 0 amide bonds. The molecule has 0 aromatic heterocycles. The van der Waals surface area contributed by atoms with Gasteiger partial charge in [0.25, 0.3) is 0 Å². The summed E-state index contributed by atoms with van der Waals surface area (Å²) in [6.07, 6.45) is 0. The number of anilines is 1. The SMILES string of the molecule is CCOC(=O)c1cc(OCC)ccc1N. The van der Waals surface area contributed by atoms with Gasteiger partial charge in [-0.25, -0.2) is 4.79 Å². The highest BCUT2D eigenvalue weighted by atomic mass is 16.5. The van der Waals surface area contributed by atoms with Crippen LogP contribution in [0, 0.1) is 0 Å². The van der Waals surface area contributed by atoms with Crippen molar-refractivity contribution in [3.63, 3.8) is 0 Å². The van der Waals surface area contributed by atoms with E-state index in [1.807, 2.05) is 6.92 Å². The van der Waals surface area contributed by atoms with Crippen LogP contribution in [0.3, 0.4) is 0 Å². The Balaban J connectivity index is 2.94. The van der Waals surface area contributed by atoms with Gasteiger partial charge in [0.2, 0.25) is 0 Å². The van der Waals surface area contributed by atoms with Gasteiger partial charge in [0.05, 0.1) is 18.8 Å². The molecule has 1 aromatic carbocycles. The third-order valence-electron chi connectivity index (χ3n) is 1.83. The molecule has 4 heteroatoms. The Morgan fingerprint density at radius 3 is 2.67 bits per heavy atom. The van der Waals surface area contributed by atoms with Crippen LogP contribution in [0.1, 0.15) is 24.2 Å². The number of benzene rings is 1. The Labute approximate surface area is 89.0 Å². The van der Waals surface area contributed by atoms with Crippen LogP contribution in [0.15, 0.2) is 18.2 Å². The van der Waals surface area contributed by atoms with Crippen molar-refractivity contribution in [2.24, 2.45) is 0 Å². The molecule has 0 bridgehead atoms. The number of hydrogen-bond acceptors (Lipinski definition) is 4. The van der Waals surface area contributed by atoms with Crippen molar-refractivity contribution in [2.45, 2.75) is 13.8 Å². The third kappa shape index (κ3) is 2.87. The van der Waals surface area contributed by atoms with Crippen molar-refractivity contribution < 1.29 is 14.3 Å². The van der Waals surface area contributed by atoms with Crippen molar-refractivity contribution in [1.29, 1.82) is 0 Å². The second kappa shape index (κ2) is 5.24. The molecule has 2 N–H and O–H groups in total. The van der Waals surface area contributed by atoms with Crippen LogP contribution < -0.4 is 10.5 Å². The van der Waals surface area contributed by atoms with Gasteiger partial charge in [-0.15, -0.1) is 0 Å². The molecule has 0 heterocycles. The maximum Gasteiger partial charge on any atom is 0.340 e. The van der Waals surface area contributed by atoms with Crippen molar-refractivity contribution in [3.05, 3.63) is 23.8 Å². The van der Waals surface area contributed by atoms with E-state index < -0.39 is 5.97 Å². The minimum absolute atomic E-state index is 0.330. The molecule has 0 aliphatic rings. The largest absolute Gasteiger partial charge is 0.494 e. The lowest BCUT2D eigenvalue weighted by atomic mass is 10.2. The maximum atomic E-state index is 11.5. The lowest BCUT2D eigenvalue weighted by Crippen LogP contribution is -2.08. The summed E-state index contributed by atoms with van der Waals surface area (Å²) >= 11 is 0. The smallest absolute Gasteiger partial charge is 0.340 e. The maximum absolute atomic E-state index is 11.5. The number of hydrogen-bond donors (Lipinski definition) is 1. The summed E-state index contributed by atoms with van der Waals surface area (Å²) in [5, 5.41) is 0. The summed E-state index contributed by atoms with van der Waals surface area (Å²) in [6, 6.07) is 4.95. The third-order valence-corrected chi connectivity index (χ3v) is 1.83. The van der Waals surface area contributed by atoms with Crippen LogP contribution >= 0.6 is 0 Å². The van der Waals surface area contributed by atoms with E-state index in [1.165, 1.54) is 0 Å². The van der Waals surface area contributed by atoms with Crippen LogP contribution in [0.2, 0.25) is 0 Å². The number of rotatable bonds is 4. The Kier molecular flexibility index (Phi) is 3.97. The molecule has 1 aromatic rings. The lowest BCUT2D eigenvalue weighted by molar-refractivity contribution is 0.0527. The van der Waals surface area contributed by atoms with E-state index in [9.17, 15) is 4.79 Å². The summed E-state index contributed by atoms with van der Waals surface area (Å²) in [4.78, 5) is 11.5. The number of carbonyl (C=O) groups excluding carboxylic acids is 1. The molecular weight excluding hydrogens is 194 g/mol. The normalized spacial score (nSPS) is 9.73. The molecular formula is C11H15NO3. The summed E-state index contributed by atoms with van der Waals surface area (Å²) in [5.41, 5.74) is 6.41. The quantitative estimate of drug-likeness (QED) is 0.607. The first-order valence-corrected chi connectivity index (χ1v) is 4.88. The second-order valence-electron chi connectivity index (χ2n) is 2.90. The fourth-order valence-corrected chi connectivity index (χ4v) is 1.18. The molecule has 0 aliphatic carbocycles. The van der Waals surface area contributed by atoms with Gasteiger partial charge in [-0.2, -0.15) is 0 Å². The first kappa shape index (κ1) is 11.4. The van der Waals surface area contributed by atoms with Crippen LogP contribution in [-0.4, -0.2) is 19.2 Å². The zero-order chi connectivity index (χ0) is 11.3. The molecule has 0 saturated heterocycles. The highest BCUT2D eigenvalue weighted by molar-refractivity contribution is 5.95. The van der Waals surface area contributed by atoms with Gasteiger partial charge >= 0.3 is 5.97 Å². The van der Waals surface area contributed by atoms with Crippen molar-refractivity contribution in [3.8, 4) is 5.75 Å². The Morgan fingerprint density at radius 1 is 1.33 bits per heavy atom. The molecule has 0 saturated carbocycles. The van der Waals surface area contributed by atoms with Crippen LogP contribution in [0.4, 0.5) is 5.69 Å². The minimum atomic E-state index is -0.420. The minimum Gasteiger partial charge on any atom is -0.494 e. The van der Waals surface area contributed by atoms with Gasteiger partial charge in [-0.05, 0) is 32.0 Å². The topological polar surface area (TPSA) is 61.5 Å². The molecule has 0 atom stereocenters. The van der Waals surface area contributed by atoms with E-state index in [0.29, 0.717) is 30.2 Å². The Morgan fingerprint density at radius 2 is 2.07 bits per heavy atom. The monoisotopic (exact) mass is 209 g/mol. The average Bonchev–Trinajstić information content (AvgIpc) is 2.21. The summed E-state index contributed by atoms with van der Waals surface area (Å²) in [7, 11) is 0.